The topological polar surface area (TPSA) is 143 Å². The summed E-state index contributed by atoms with van der Waals surface area (Å²) < 4.78 is 2.93. The fourth-order valence-electron chi connectivity index (χ4n) is 6.17. The van der Waals surface area contributed by atoms with Gasteiger partial charge in [-0.15, -0.1) is 12.6 Å². The Morgan fingerprint density at radius 1 is 1.14 bits per heavy atom. The number of hydrogen-bond donors (Lipinski definition) is 4. The minimum absolute atomic E-state index is 0.0361. The molecule has 1 aliphatic heterocycles. The third-order valence-electron chi connectivity index (χ3n) is 8.51. The van der Waals surface area contributed by atoms with Crippen LogP contribution in [0.15, 0.2) is 76.3 Å². The van der Waals surface area contributed by atoms with Crippen LogP contribution < -0.4 is 11.3 Å². The highest BCUT2D eigenvalue weighted by atomic mass is 32.1. The van der Waals surface area contributed by atoms with E-state index in [2.05, 4.69) is 34.8 Å². The fourth-order valence-corrected chi connectivity index (χ4v) is 6.40. The van der Waals surface area contributed by atoms with E-state index in [1.54, 1.807) is 22.5 Å². The van der Waals surface area contributed by atoms with Gasteiger partial charge >= 0.3 is 0 Å². The molecule has 43 heavy (non-hydrogen) atoms. The molecular weight excluding hydrogens is 562 g/mol. The van der Waals surface area contributed by atoms with Gasteiger partial charge in [0.15, 0.2) is 0 Å². The molecule has 4 aromatic rings. The molecule has 222 valence electrons. The van der Waals surface area contributed by atoms with Crippen molar-refractivity contribution in [2.24, 2.45) is 5.73 Å². The molecule has 1 amide bonds. The molecule has 2 aromatic heterocycles. The largest absolute Gasteiger partial charge is 0.388 e. The first-order valence-corrected chi connectivity index (χ1v) is 14.9. The molecule has 1 fully saturated rings. The second-order valence-corrected chi connectivity index (χ2v) is 12.4. The third-order valence-corrected chi connectivity index (χ3v) is 8.73. The second kappa shape index (κ2) is 11.6. The molecule has 1 aliphatic carbocycles. The van der Waals surface area contributed by atoms with Gasteiger partial charge in [0.1, 0.15) is 6.33 Å². The van der Waals surface area contributed by atoms with Crippen molar-refractivity contribution >= 4 is 29.9 Å². The van der Waals surface area contributed by atoms with Gasteiger partial charge in [-0.1, -0.05) is 42.5 Å². The van der Waals surface area contributed by atoms with Gasteiger partial charge in [0.05, 0.1) is 29.6 Å². The van der Waals surface area contributed by atoms with E-state index in [1.165, 1.54) is 22.0 Å². The fraction of sp³-hybridized carbons (Fsp3) is 0.344. The zero-order chi connectivity index (χ0) is 30.3. The molecule has 11 heteroatoms. The van der Waals surface area contributed by atoms with Gasteiger partial charge in [-0.2, -0.15) is 5.10 Å². The summed E-state index contributed by atoms with van der Waals surface area (Å²) in [6.07, 6.45) is 5.65. The lowest BCUT2D eigenvalue weighted by molar-refractivity contribution is -0.131. The number of hydrogen-bond acceptors (Lipinski definition) is 8. The normalized spacial score (nSPS) is 18.4. The van der Waals surface area contributed by atoms with Gasteiger partial charge in [0.25, 0.3) is 11.5 Å². The predicted octanol–water partition coefficient (Wildman–Crippen LogP) is 2.80. The summed E-state index contributed by atoms with van der Waals surface area (Å²) in [6.45, 7) is 2.33. The quantitative estimate of drug-likeness (QED) is 0.147. The molecule has 0 bridgehead atoms. The number of nitrogens with zero attached hydrogens (tertiary/aromatic N) is 5. The minimum Gasteiger partial charge on any atom is -0.388 e. The lowest BCUT2D eigenvalue weighted by atomic mass is 9.90. The third kappa shape index (κ3) is 5.80. The van der Waals surface area contributed by atoms with E-state index >= 15 is 0 Å². The maximum absolute atomic E-state index is 13.5. The van der Waals surface area contributed by atoms with Gasteiger partial charge in [-0.25, -0.2) is 9.50 Å². The number of nitrogens with one attached hydrogen (secondary N) is 1. The van der Waals surface area contributed by atoms with Crippen LogP contribution in [0.25, 0.3) is 16.9 Å². The molecule has 2 aliphatic rings. The number of amides is 1. The van der Waals surface area contributed by atoms with Crippen LogP contribution >= 0.6 is 12.6 Å². The number of rotatable bonds is 7. The van der Waals surface area contributed by atoms with Crippen LogP contribution in [0.1, 0.15) is 36.5 Å². The van der Waals surface area contributed by atoms with E-state index in [9.17, 15) is 14.7 Å². The minimum atomic E-state index is -1.20. The number of piperidine rings is 1. The van der Waals surface area contributed by atoms with E-state index < -0.39 is 5.60 Å². The average molecular weight is 598 g/mol. The predicted molar refractivity (Wildman–Crippen MR) is 168 cm³/mol. The molecule has 1 saturated heterocycles. The van der Waals surface area contributed by atoms with Crippen LogP contribution in [-0.4, -0.2) is 65.5 Å². The SMILES string of the molecule is C/C(S)=C(/C(=N)Cc1ccccc1)C(=O)N1CCC(O)(Cn2cnn3c(-c4ccc5c(c4)CC(N)C5)cnc3c2=O)CC1. The van der Waals surface area contributed by atoms with Gasteiger partial charge in [-0.05, 0) is 60.3 Å². The number of fused-ring (bicyclic) bond motifs is 2. The van der Waals surface area contributed by atoms with Gasteiger partial charge in [-0.3, -0.25) is 14.2 Å². The number of allylic oxidation sites excluding steroid dienone is 1. The molecule has 10 nitrogen and oxygen atoms in total. The van der Waals surface area contributed by atoms with Crippen LogP contribution in [0, 0.1) is 5.41 Å². The first kappa shape index (κ1) is 29.0. The Kier molecular flexibility index (Phi) is 7.80. The Labute approximate surface area is 254 Å². The Balaban J connectivity index is 1.14. The number of benzene rings is 2. The number of aromatic nitrogens is 4. The zero-order valence-corrected chi connectivity index (χ0v) is 24.9. The molecule has 1 atom stereocenters. The Hall–Kier alpha value is -4.06. The van der Waals surface area contributed by atoms with Crippen LogP contribution in [0.5, 0.6) is 0 Å². The van der Waals surface area contributed by atoms with Crippen LogP contribution in [-0.2, 0) is 30.6 Å². The summed E-state index contributed by atoms with van der Waals surface area (Å²) in [7, 11) is 0. The number of carbonyl (C=O) groups excluding carboxylic acids is 1. The highest BCUT2D eigenvalue weighted by Crippen LogP contribution is 2.29. The second-order valence-electron chi connectivity index (χ2n) is 11.7. The van der Waals surface area contributed by atoms with E-state index in [4.69, 9.17) is 11.1 Å². The van der Waals surface area contributed by atoms with Gasteiger partial charge in [0, 0.05) is 36.8 Å². The summed E-state index contributed by atoms with van der Waals surface area (Å²) in [6, 6.07) is 15.9. The van der Waals surface area contributed by atoms with Gasteiger partial charge < -0.3 is 21.1 Å². The summed E-state index contributed by atoms with van der Waals surface area (Å²) in [4.78, 5) is 33.4. The van der Waals surface area contributed by atoms with Crippen LogP contribution in [0.2, 0.25) is 0 Å². The van der Waals surface area contributed by atoms with E-state index in [1.807, 2.05) is 36.4 Å². The van der Waals surface area contributed by atoms with Crippen LogP contribution in [0.3, 0.4) is 0 Å². The van der Waals surface area contributed by atoms with Crippen molar-refractivity contribution in [1.29, 1.82) is 5.41 Å². The van der Waals surface area contributed by atoms with Crippen LogP contribution in [0.4, 0.5) is 0 Å². The smallest absolute Gasteiger partial charge is 0.296 e. The number of imidazole rings is 1. The number of nitrogens with two attached hydrogens (primary N) is 1. The molecule has 2 aromatic carbocycles. The van der Waals surface area contributed by atoms with Crippen molar-refractivity contribution < 1.29 is 9.90 Å². The van der Waals surface area contributed by atoms with Crippen molar-refractivity contribution in [2.45, 2.75) is 57.2 Å². The summed E-state index contributed by atoms with van der Waals surface area (Å²) in [5.74, 6) is -0.269. The Morgan fingerprint density at radius 2 is 1.86 bits per heavy atom. The monoisotopic (exact) mass is 597 g/mol. The molecule has 0 saturated carbocycles. The van der Waals surface area contributed by atoms with Crippen molar-refractivity contribution in [3.63, 3.8) is 0 Å². The molecule has 1 unspecified atom stereocenters. The molecule has 6 rings (SSSR count). The number of aliphatic hydroxyl groups is 1. The Bertz CT molecular complexity index is 1800. The van der Waals surface area contributed by atoms with Crippen molar-refractivity contribution in [1.82, 2.24) is 24.1 Å². The van der Waals surface area contributed by atoms with Crippen molar-refractivity contribution in [3.8, 4) is 11.3 Å². The summed E-state index contributed by atoms with van der Waals surface area (Å²) in [5, 5.41) is 24.6. The zero-order valence-electron chi connectivity index (χ0n) is 24.0. The average Bonchev–Trinajstić information content (AvgIpc) is 3.58. The van der Waals surface area contributed by atoms with E-state index in [0.717, 1.165) is 24.0 Å². The van der Waals surface area contributed by atoms with E-state index in [-0.39, 0.29) is 53.8 Å². The van der Waals surface area contributed by atoms with Crippen molar-refractivity contribution in [3.05, 3.63) is 98.6 Å². The highest BCUT2D eigenvalue weighted by molar-refractivity contribution is 7.84. The molecule has 3 heterocycles. The maximum atomic E-state index is 13.5. The van der Waals surface area contributed by atoms with Crippen molar-refractivity contribution in [2.75, 3.05) is 13.1 Å². The Morgan fingerprint density at radius 3 is 2.58 bits per heavy atom. The highest BCUT2D eigenvalue weighted by Gasteiger charge is 2.36. The van der Waals surface area contributed by atoms with E-state index in [0.29, 0.717) is 30.1 Å². The number of thiol groups is 1. The maximum Gasteiger partial charge on any atom is 0.296 e. The lowest BCUT2D eigenvalue weighted by Crippen LogP contribution is -2.50. The standard InChI is InChI=1S/C32H35N7O3S/c1-20(43)28(26(34)13-21-5-3-2-4-6-21)30(40)37-11-9-32(42,10-12-37)18-38-19-36-39-27(17-35-29(39)31(38)41)23-8-7-22-15-25(33)16-24(22)14-23/h2-8,14,17,19,25,34,42-43H,9-13,15-16,18,33H2,1H3/b28-20+,34-26?. The summed E-state index contributed by atoms with van der Waals surface area (Å²) in [5.41, 5.74) is 10.3. The summed E-state index contributed by atoms with van der Waals surface area (Å²) >= 11 is 4.43. The molecule has 0 spiro atoms. The lowest BCUT2D eigenvalue weighted by Gasteiger charge is -2.38. The number of carbonyl (C=O) groups is 1. The molecule has 4 N–H and O–H groups in total. The van der Waals surface area contributed by atoms with Gasteiger partial charge in [0.2, 0.25) is 5.65 Å². The molecular formula is C32H35N7O3S. The first-order chi connectivity index (χ1) is 20.6. The first-order valence-electron chi connectivity index (χ1n) is 14.5. The molecule has 0 radical (unpaired) electrons. The number of likely N-dealkylation sites (tertiary alicyclic amines) is 1.